The maximum absolute atomic E-state index is 13.0. The van der Waals surface area contributed by atoms with Gasteiger partial charge in [0, 0.05) is 29.8 Å². The molecule has 0 spiro atoms. The molecule has 0 bridgehead atoms. The van der Waals surface area contributed by atoms with Crippen LogP contribution >= 0.6 is 15.9 Å². The molecule has 0 fully saturated rings. The zero-order chi connectivity index (χ0) is 13.0. The van der Waals surface area contributed by atoms with E-state index in [2.05, 4.69) is 31.2 Å². The molecular weight excluding hydrogens is 301 g/mol. The second kappa shape index (κ2) is 5.77. The summed E-state index contributed by atoms with van der Waals surface area (Å²) in [4.78, 5) is 18.8. The Balaban J connectivity index is 1.93. The summed E-state index contributed by atoms with van der Waals surface area (Å²) in [5.41, 5.74) is 0.287. The lowest BCUT2D eigenvalue weighted by atomic mass is 10.2. The standard InChI is InChI=1S/C12H11BrFN3O/c13-10-2-1-8(14)7-9(10)12(18)17-4-3-11-15-5-6-16-11/h1-2,5-7H,3-4H2,(H,15,16)(H,17,18). The molecule has 0 radical (unpaired) electrons. The lowest BCUT2D eigenvalue weighted by Gasteiger charge is -2.06. The van der Waals surface area contributed by atoms with E-state index in [4.69, 9.17) is 0 Å². The maximum Gasteiger partial charge on any atom is 0.252 e. The van der Waals surface area contributed by atoms with Crippen molar-refractivity contribution >= 4 is 21.8 Å². The molecule has 0 unspecified atom stereocenters. The first kappa shape index (κ1) is 12.8. The average molecular weight is 312 g/mol. The zero-order valence-corrected chi connectivity index (χ0v) is 11.0. The molecule has 94 valence electrons. The van der Waals surface area contributed by atoms with Gasteiger partial charge in [0.1, 0.15) is 11.6 Å². The molecule has 1 aromatic carbocycles. The molecule has 2 aromatic rings. The minimum absolute atomic E-state index is 0.287. The van der Waals surface area contributed by atoms with Crippen molar-refractivity contribution in [2.24, 2.45) is 0 Å². The number of hydrogen-bond acceptors (Lipinski definition) is 2. The van der Waals surface area contributed by atoms with Gasteiger partial charge in [0.05, 0.1) is 5.56 Å². The Bertz CT molecular complexity index is 542. The van der Waals surface area contributed by atoms with E-state index in [1.807, 2.05) is 0 Å². The summed E-state index contributed by atoms with van der Waals surface area (Å²) in [7, 11) is 0. The van der Waals surface area contributed by atoms with Gasteiger partial charge in [-0.1, -0.05) is 0 Å². The van der Waals surface area contributed by atoms with Gasteiger partial charge in [-0.25, -0.2) is 9.37 Å². The molecule has 0 atom stereocenters. The molecular formula is C12H11BrFN3O. The number of aromatic amines is 1. The number of nitrogens with one attached hydrogen (secondary N) is 2. The quantitative estimate of drug-likeness (QED) is 0.910. The minimum Gasteiger partial charge on any atom is -0.352 e. The highest BCUT2D eigenvalue weighted by Crippen LogP contribution is 2.17. The maximum atomic E-state index is 13.0. The number of hydrogen-bond donors (Lipinski definition) is 2. The van der Waals surface area contributed by atoms with Gasteiger partial charge in [0.2, 0.25) is 0 Å². The fraction of sp³-hybridized carbons (Fsp3) is 0.167. The second-order valence-electron chi connectivity index (χ2n) is 3.67. The SMILES string of the molecule is O=C(NCCc1ncc[nH]1)c1cc(F)ccc1Br. The number of carbonyl (C=O) groups excluding carboxylic acids is 1. The van der Waals surface area contributed by atoms with E-state index in [0.29, 0.717) is 17.4 Å². The molecule has 1 heterocycles. The Kier molecular flexibility index (Phi) is 4.09. The number of rotatable bonds is 4. The molecule has 2 rings (SSSR count). The van der Waals surface area contributed by atoms with Crippen molar-refractivity contribution in [3.8, 4) is 0 Å². The van der Waals surface area contributed by atoms with Crippen molar-refractivity contribution in [3.05, 3.63) is 52.3 Å². The number of H-pyrrole nitrogens is 1. The molecule has 1 amide bonds. The Labute approximate surface area is 112 Å². The monoisotopic (exact) mass is 311 g/mol. The van der Waals surface area contributed by atoms with Crippen molar-refractivity contribution < 1.29 is 9.18 Å². The first-order chi connectivity index (χ1) is 8.66. The lowest BCUT2D eigenvalue weighted by Crippen LogP contribution is -2.26. The first-order valence-corrected chi connectivity index (χ1v) is 6.17. The predicted octanol–water partition coefficient (Wildman–Crippen LogP) is 2.28. The molecule has 6 heteroatoms. The van der Waals surface area contributed by atoms with Crippen LogP contribution < -0.4 is 5.32 Å². The molecule has 0 aliphatic heterocycles. The topological polar surface area (TPSA) is 57.8 Å². The van der Waals surface area contributed by atoms with Crippen molar-refractivity contribution in [1.82, 2.24) is 15.3 Å². The molecule has 0 aliphatic carbocycles. The Morgan fingerprint density at radius 2 is 2.33 bits per heavy atom. The summed E-state index contributed by atoms with van der Waals surface area (Å²) in [5, 5.41) is 2.71. The van der Waals surface area contributed by atoms with Crippen molar-refractivity contribution in [3.63, 3.8) is 0 Å². The van der Waals surface area contributed by atoms with Gasteiger partial charge in [-0.3, -0.25) is 4.79 Å². The van der Waals surface area contributed by atoms with Gasteiger partial charge in [-0.15, -0.1) is 0 Å². The lowest BCUT2D eigenvalue weighted by molar-refractivity contribution is 0.0953. The van der Waals surface area contributed by atoms with Crippen LogP contribution in [0.3, 0.4) is 0 Å². The molecule has 0 saturated heterocycles. The number of carbonyl (C=O) groups is 1. The van der Waals surface area contributed by atoms with E-state index in [9.17, 15) is 9.18 Å². The normalized spacial score (nSPS) is 10.3. The van der Waals surface area contributed by atoms with Crippen LogP contribution in [0, 0.1) is 5.82 Å². The molecule has 18 heavy (non-hydrogen) atoms. The van der Waals surface area contributed by atoms with E-state index in [-0.39, 0.29) is 11.5 Å². The minimum atomic E-state index is -0.436. The van der Waals surface area contributed by atoms with Gasteiger partial charge in [0.25, 0.3) is 5.91 Å². The summed E-state index contributed by atoms with van der Waals surface area (Å²) in [6.45, 7) is 0.440. The Hall–Kier alpha value is -1.69. The fourth-order valence-electron chi connectivity index (χ4n) is 1.50. The molecule has 2 N–H and O–H groups in total. The molecule has 0 saturated carbocycles. The Morgan fingerprint density at radius 3 is 3.06 bits per heavy atom. The highest BCUT2D eigenvalue weighted by atomic mass is 79.9. The van der Waals surface area contributed by atoms with Crippen LogP contribution in [0.4, 0.5) is 4.39 Å². The van der Waals surface area contributed by atoms with E-state index in [1.54, 1.807) is 12.4 Å². The number of halogens is 2. The van der Waals surface area contributed by atoms with E-state index in [1.165, 1.54) is 18.2 Å². The van der Waals surface area contributed by atoms with Crippen molar-refractivity contribution in [2.45, 2.75) is 6.42 Å². The van der Waals surface area contributed by atoms with Crippen LogP contribution in [0.25, 0.3) is 0 Å². The average Bonchev–Trinajstić information content (AvgIpc) is 2.85. The largest absolute Gasteiger partial charge is 0.352 e. The second-order valence-corrected chi connectivity index (χ2v) is 4.52. The van der Waals surface area contributed by atoms with E-state index in [0.717, 1.165) is 5.82 Å². The number of imidazole rings is 1. The molecule has 1 aromatic heterocycles. The van der Waals surface area contributed by atoms with Crippen LogP contribution in [0.1, 0.15) is 16.2 Å². The summed E-state index contributed by atoms with van der Waals surface area (Å²) in [5.74, 6) is 0.0518. The summed E-state index contributed by atoms with van der Waals surface area (Å²) in [6.07, 6.45) is 3.98. The number of benzene rings is 1. The third-order valence-corrected chi connectivity index (χ3v) is 3.07. The summed E-state index contributed by atoms with van der Waals surface area (Å²) >= 11 is 3.22. The predicted molar refractivity (Wildman–Crippen MR) is 68.7 cm³/mol. The third kappa shape index (κ3) is 3.16. The highest BCUT2D eigenvalue weighted by molar-refractivity contribution is 9.10. The molecule has 0 aliphatic rings. The highest BCUT2D eigenvalue weighted by Gasteiger charge is 2.10. The van der Waals surface area contributed by atoms with E-state index < -0.39 is 5.82 Å². The third-order valence-electron chi connectivity index (χ3n) is 2.38. The van der Waals surface area contributed by atoms with Crippen molar-refractivity contribution in [2.75, 3.05) is 6.54 Å². The van der Waals surface area contributed by atoms with Crippen LogP contribution in [0.2, 0.25) is 0 Å². The smallest absolute Gasteiger partial charge is 0.252 e. The van der Waals surface area contributed by atoms with Gasteiger partial charge in [0.15, 0.2) is 0 Å². The first-order valence-electron chi connectivity index (χ1n) is 5.38. The number of aromatic nitrogens is 2. The van der Waals surface area contributed by atoms with Gasteiger partial charge in [-0.05, 0) is 34.1 Å². The number of nitrogens with zero attached hydrogens (tertiary/aromatic N) is 1. The van der Waals surface area contributed by atoms with Crippen LogP contribution in [-0.2, 0) is 6.42 Å². The van der Waals surface area contributed by atoms with Crippen molar-refractivity contribution in [1.29, 1.82) is 0 Å². The summed E-state index contributed by atoms with van der Waals surface area (Å²) < 4.78 is 13.6. The summed E-state index contributed by atoms with van der Waals surface area (Å²) in [6, 6.07) is 4.01. The van der Waals surface area contributed by atoms with Gasteiger partial charge in [-0.2, -0.15) is 0 Å². The number of amides is 1. The van der Waals surface area contributed by atoms with Gasteiger partial charge >= 0.3 is 0 Å². The Morgan fingerprint density at radius 1 is 1.50 bits per heavy atom. The fourth-order valence-corrected chi connectivity index (χ4v) is 1.92. The zero-order valence-electron chi connectivity index (χ0n) is 9.41. The van der Waals surface area contributed by atoms with E-state index >= 15 is 0 Å². The van der Waals surface area contributed by atoms with Crippen LogP contribution in [-0.4, -0.2) is 22.4 Å². The van der Waals surface area contributed by atoms with Crippen LogP contribution in [0.5, 0.6) is 0 Å². The van der Waals surface area contributed by atoms with Gasteiger partial charge < -0.3 is 10.3 Å². The van der Waals surface area contributed by atoms with Crippen LogP contribution in [0.15, 0.2) is 35.1 Å². The molecule has 4 nitrogen and oxygen atoms in total.